The number of carbonyl (C=O) groups excluding carboxylic acids is 3. The Balaban J connectivity index is 1.40. The lowest BCUT2D eigenvalue weighted by molar-refractivity contribution is -0.122. The molecule has 5 rings (SSSR count). The minimum absolute atomic E-state index is 0.221. The standard InChI is InChI=1S/C31H28BrN5O3/c32-23-11-12-27(36-29(38)21-10-9-19-5-1-2-6-20(19)15-21)25(17-23)30(39)37-28(31(40)34-14-13-33)16-22-18-35-26-8-4-3-7-24(22)26/h1-12,15,17-18,28,35H,13-14,16,33H2,(H,34,40)(H,36,38)(H,37,39). The van der Waals surface area contributed by atoms with Gasteiger partial charge in [0.2, 0.25) is 5.91 Å². The molecular formula is C31H28BrN5O3. The molecule has 0 bridgehead atoms. The zero-order valence-corrected chi connectivity index (χ0v) is 23.1. The Bertz CT molecular complexity index is 1710. The highest BCUT2D eigenvalue weighted by Crippen LogP contribution is 2.24. The number of aromatic nitrogens is 1. The summed E-state index contributed by atoms with van der Waals surface area (Å²) in [7, 11) is 0. The summed E-state index contributed by atoms with van der Waals surface area (Å²) in [4.78, 5) is 43.1. The van der Waals surface area contributed by atoms with Crippen molar-refractivity contribution in [3.8, 4) is 0 Å². The molecule has 0 fully saturated rings. The van der Waals surface area contributed by atoms with Gasteiger partial charge < -0.3 is 26.7 Å². The number of nitrogens with two attached hydrogens (primary N) is 1. The molecule has 4 aromatic carbocycles. The van der Waals surface area contributed by atoms with Crippen molar-refractivity contribution in [1.29, 1.82) is 0 Å². The first-order valence-corrected chi connectivity index (χ1v) is 13.7. The predicted molar refractivity (Wildman–Crippen MR) is 161 cm³/mol. The van der Waals surface area contributed by atoms with Gasteiger partial charge in [-0.2, -0.15) is 0 Å². The van der Waals surface area contributed by atoms with Gasteiger partial charge in [-0.05, 0) is 52.7 Å². The first kappa shape index (κ1) is 27.1. The Kier molecular flexibility index (Phi) is 8.23. The third-order valence-electron chi connectivity index (χ3n) is 6.65. The van der Waals surface area contributed by atoms with Gasteiger partial charge in [0.05, 0.1) is 11.3 Å². The van der Waals surface area contributed by atoms with E-state index in [1.165, 1.54) is 0 Å². The van der Waals surface area contributed by atoms with Gasteiger partial charge in [0.1, 0.15) is 6.04 Å². The minimum atomic E-state index is -0.874. The lowest BCUT2D eigenvalue weighted by Gasteiger charge is -2.20. The molecule has 1 aromatic heterocycles. The van der Waals surface area contributed by atoms with E-state index >= 15 is 0 Å². The highest BCUT2D eigenvalue weighted by atomic mass is 79.9. The van der Waals surface area contributed by atoms with Crippen LogP contribution in [0.2, 0.25) is 0 Å². The number of hydrogen-bond acceptors (Lipinski definition) is 4. The summed E-state index contributed by atoms with van der Waals surface area (Å²) in [6.45, 7) is 0.555. The lowest BCUT2D eigenvalue weighted by atomic mass is 10.0. The van der Waals surface area contributed by atoms with E-state index in [0.717, 1.165) is 27.2 Å². The van der Waals surface area contributed by atoms with E-state index < -0.39 is 11.9 Å². The second-order valence-corrected chi connectivity index (χ2v) is 10.3. The van der Waals surface area contributed by atoms with Crippen LogP contribution in [0.25, 0.3) is 21.7 Å². The van der Waals surface area contributed by atoms with Gasteiger partial charge in [-0.25, -0.2) is 0 Å². The van der Waals surface area contributed by atoms with Gasteiger partial charge in [0.25, 0.3) is 11.8 Å². The van der Waals surface area contributed by atoms with Crippen molar-refractivity contribution in [3.05, 3.63) is 112 Å². The van der Waals surface area contributed by atoms with Gasteiger partial charge >= 0.3 is 0 Å². The lowest BCUT2D eigenvalue weighted by Crippen LogP contribution is -2.49. The van der Waals surface area contributed by atoms with Crippen LogP contribution in [0.4, 0.5) is 5.69 Å². The number of hydrogen-bond donors (Lipinski definition) is 5. The number of nitrogens with one attached hydrogen (secondary N) is 4. The maximum atomic E-state index is 13.6. The fraction of sp³-hybridized carbons (Fsp3) is 0.129. The Morgan fingerprint density at radius 1 is 0.875 bits per heavy atom. The number of rotatable bonds is 9. The van der Waals surface area contributed by atoms with Crippen LogP contribution in [-0.2, 0) is 11.2 Å². The first-order chi connectivity index (χ1) is 19.4. The van der Waals surface area contributed by atoms with E-state index in [0.29, 0.717) is 15.7 Å². The smallest absolute Gasteiger partial charge is 0.255 e. The average molecular weight is 599 g/mol. The summed E-state index contributed by atoms with van der Waals surface area (Å²) >= 11 is 3.42. The third kappa shape index (κ3) is 6.06. The van der Waals surface area contributed by atoms with E-state index in [2.05, 4.69) is 36.9 Å². The molecule has 0 saturated carbocycles. The third-order valence-corrected chi connectivity index (χ3v) is 7.14. The number of benzene rings is 4. The Labute approximate surface area is 239 Å². The molecule has 0 aliphatic carbocycles. The van der Waals surface area contributed by atoms with Gasteiger partial charge in [0, 0.05) is 46.6 Å². The summed E-state index contributed by atoms with van der Waals surface area (Å²) in [6.07, 6.45) is 2.10. The molecule has 0 saturated heterocycles. The highest BCUT2D eigenvalue weighted by molar-refractivity contribution is 9.10. The second-order valence-electron chi connectivity index (χ2n) is 9.38. The molecule has 5 aromatic rings. The van der Waals surface area contributed by atoms with Gasteiger partial charge in [-0.3, -0.25) is 14.4 Å². The average Bonchev–Trinajstić information content (AvgIpc) is 3.38. The molecule has 6 N–H and O–H groups in total. The van der Waals surface area contributed by atoms with Crippen molar-refractivity contribution in [2.75, 3.05) is 18.4 Å². The number of halogens is 1. The Morgan fingerprint density at radius 2 is 1.65 bits per heavy atom. The van der Waals surface area contributed by atoms with Crippen LogP contribution in [0, 0.1) is 0 Å². The maximum absolute atomic E-state index is 13.6. The Morgan fingerprint density at radius 3 is 2.48 bits per heavy atom. The Hall–Kier alpha value is -4.47. The summed E-state index contributed by atoms with van der Waals surface area (Å²) < 4.78 is 0.655. The van der Waals surface area contributed by atoms with E-state index in [-0.39, 0.29) is 36.9 Å². The molecule has 9 heteroatoms. The van der Waals surface area contributed by atoms with E-state index in [4.69, 9.17) is 5.73 Å². The molecule has 0 radical (unpaired) electrons. The molecular weight excluding hydrogens is 570 g/mol. The highest BCUT2D eigenvalue weighted by Gasteiger charge is 2.25. The van der Waals surface area contributed by atoms with Crippen LogP contribution < -0.4 is 21.7 Å². The van der Waals surface area contributed by atoms with Crippen molar-refractivity contribution in [1.82, 2.24) is 15.6 Å². The van der Waals surface area contributed by atoms with Gasteiger partial charge in [-0.1, -0.05) is 64.5 Å². The predicted octanol–water partition coefficient (Wildman–Crippen LogP) is 4.75. The van der Waals surface area contributed by atoms with Crippen LogP contribution in [0.15, 0.2) is 95.6 Å². The SMILES string of the molecule is NCCNC(=O)C(Cc1c[nH]c2ccccc12)NC(=O)c1cc(Br)ccc1NC(=O)c1ccc2ccccc2c1. The molecule has 3 amide bonds. The van der Waals surface area contributed by atoms with Crippen LogP contribution in [0.3, 0.4) is 0 Å². The van der Waals surface area contributed by atoms with Crippen molar-refractivity contribution >= 4 is 61.0 Å². The molecule has 40 heavy (non-hydrogen) atoms. The fourth-order valence-electron chi connectivity index (χ4n) is 4.62. The monoisotopic (exact) mass is 597 g/mol. The molecule has 0 spiro atoms. The number of para-hydroxylation sites is 1. The molecule has 1 atom stereocenters. The zero-order chi connectivity index (χ0) is 28.1. The van der Waals surface area contributed by atoms with Gasteiger partial charge in [-0.15, -0.1) is 0 Å². The first-order valence-electron chi connectivity index (χ1n) is 12.9. The van der Waals surface area contributed by atoms with E-state index in [1.54, 1.807) is 24.3 Å². The quantitative estimate of drug-likeness (QED) is 0.168. The topological polar surface area (TPSA) is 129 Å². The number of fused-ring (bicyclic) bond motifs is 2. The van der Waals surface area contributed by atoms with Crippen molar-refractivity contribution < 1.29 is 14.4 Å². The summed E-state index contributed by atoms with van der Waals surface area (Å²) in [5, 5.41) is 11.4. The second kappa shape index (κ2) is 12.1. The zero-order valence-electron chi connectivity index (χ0n) is 21.5. The van der Waals surface area contributed by atoms with Crippen LogP contribution in [-0.4, -0.2) is 41.8 Å². The molecule has 1 unspecified atom stereocenters. The number of aromatic amines is 1. The molecule has 1 heterocycles. The van der Waals surface area contributed by atoms with Gasteiger partial charge in [0.15, 0.2) is 0 Å². The van der Waals surface area contributed by atoms with Crippen LogP contribution in [0.5, 0.6) is 0 Å². The summed E-state index contributed by atoms with van der Waals surface area (Å²) in [5.41, 5.74) is 8.43. The molecule has 8 nitrogen and oxygen atoms in total. The minimum Gasteiger partial charge on any atom is -0.361 e. The van der Waals surface area contributed by atoms with Crippen LogP contribution in [0.1, 0.15) is 26.3 Å². The van der Waals surface area contributed by atoms with Crippen molar-refractivity contribution in [2.24, 2.45) is 5.73 Å². The number of amides is 3. The van der Waals surface area contributed by atoms with E-state index in [9.17, 15) is 14.4 Å². The molecule has 0 aliphatic rings. The largest absolute Gasteiger partial charge is 0.361 e. The summed E-state index contributed by atoms with van der Waals surface area (Å²) in [6, 6.07) is 25.1. The fourth-order valence-corrected chi connectivity index (χ4v) is 4.98. The number of anilines is 1. The van der Waals surface area contributed by atoms with Crippen molar-refractivity contribution in [2.45, 2.75) is 12.5 Å². The summed E-state index contributed by atoms with van der Waals surface area (Å²) in [5.74, 6) is -1.19. The molecule has 202 valence electrons. The number of carbonyl (C=O) groups is 3. The van der Waals surface area contributed by atoms with E-state index in [1.807, 2.05) is 66.9 Å². The normalized spacial score (nSPS) is 11.8. The molecule has 0 aliphatic heterocycles. The maximum Gasteiger partial charge on any atom is 0.255 e. The van der Waals surface area contributed by atoms with Crippen LogP contribution >= 0.6 is 15.9 Å². The number of H-pyrrole nitrogens is 1. The van der Waals surface area contributed by atoms with Crippen molar-refractivity contribution in [3.63, 3.8) is 0 Å².